The molecule has 2 aromatic rings. The molecule has 2 unspecified atom stereocenters. The molecule has 0 aromatic heterocycles. The second-order valence-corrected chi connectivity index (χ2v) is 6.41. The van der Waals surface area contributed by atoms with Gasteiger partial charge in [-0.05, 0) is 36.7 Å². The lowest BCUT2D eigenvalue weighted by molar-refractivity contribution is -0.130. The third-order valence-corrected chi connectivity index (χ3v) is 4.66. The monoisotopic (exact) mass is 373 g/mol. The first-order chi connectivity index (χ1) is 12.1. The molecule has 0 radical (unpaired) electrons. The largest absolute Gasteiger partial charge is 0.340 e. The van der Waals surface area contributed by atoms with E-state index in [2.05, 4.69) is 16.0 Å². The average molecular weight is 374 g/mol. The minimum absolute atomic E-state index is 0. The van der Waals surface area contributed by atoms with E-state index in [1.807, 2.05) is 67.6 Å². The second-order valence-electron chi connectivity index (χ2n) is 6.41. The molecule has 1 fully saturated rings. The van der Waals surface area contributed by atoms with Crippen molar-refractivity contribution in [3.05, 3.63) is 66.2 Å². The van der Waals surface area contributed by atoms with Crippen LogP contribution >= 0.6 is 12.4 Å². The molecule has 1 aliphatic rings. The van der Waals surface area contributed by atoms with Crippen molar-refractivity contribution in [3.63, 3.8) is 0 Å². The Kier molecular flexibility index (Phi) is 7.18. The van der Waals surface area contributed by atoms with Gasteiger partial charge in [-0.3, -0.25) is 9.59 Å². The van der Waals surface area contributed by atoms with E-state index in [0.29, 0.717) is 11.6 Å². The summed E-state index contributed by atoms with van der Waals surface area (Å²) >= 11 is 0. The van der Waals surface area contributed by atoms with Gasteiger partial charge in [0.05, 0.1) is 0 Å². The fourth-order valence-electron chi connectivity index (χ4n) is 2.83. The van der Waals surface area contributed by atoms with Crippen LogP contribution in [0.5, 0.6) is 0 Å². The molecule has 2 aromatic carbocycles. The fraction of sp³-hybridized carbons (Fsp3) is 0.300. The predicted octanol–water partition coefficient (Wildman–Crippen LogP) is 2.76. The number of amides is 2. The maximum atomic E-state index is 12.8. The fourth-order valence-corrected chi connectivity index (χ4v) is 2.83. The van der Waals surface area contributed by atoms with E-state index in [4.69, 9.17) is 0 Å². The number of carbonyl (C=O) groups excluding carboxylic acids is 2. The molecule has 1 saturated heterocycles. The van der Waals surface area contributed by atoms with Crippen molar-refractivity contribution in [2.24, 2.45) is 11.8 Å². The van der Waals surface area contributed by atoms with Crippen molar-refractivity contribution in [3.8, 4) is 0 Å². The summed E-state index contributed by atoms with van der Waals surface area (Å²) in [5, 5.41) is 8.98. The Balaban J connectivity index is 0.00000243. The highest BCUT2D eigenvalue weighted by molar-refractivity contribution is 5.98. The highest BCUT2D eigenvalue weighted by atomic mass is 35.5. The van der Waals surface area contributed by atoms with E-state index in [1.165, 1.54) is 0 Å². The van der Waals surface area contributed by atoms with E-state index in [1.54, 1.807) is 0 Å². The van der Waals surface area contributed by atoms with Gasteiger partial charge >= 0.3 is 0 Å². The Hall–Kier alpha value is -2.37. The number of hydrogen-bond acceptors (Lipinski definition) is 3. The zero-order valence-corrected chi connectivity index (χ0v) is 15.5. The van der Waals surface area contributed by atoms with Crippen molar-refractivity contribution >= 4 is 29.9 Å². The summed E-state index contributed by atoms with van der Waals surface area (Å²) in [6, 6.07) is 17.9. The van der Waals surface area contributed by atoms with Gasteiger partial charge in [0.2, 0.25) is 5.91 Å². The van der Waals surface area contributed by atoms with Crippen LogP contribution in [0.2, 0.25) is 0 Å². The zero-order valence-electron chi connectivity index (χ0n) is 14.6. The second kappa shape index (κ2) is 9.36. The van der Waals surface area contributed by atoms with Crippen LogP contribution in [-0.2, 0) is 9.59 Å². The molecule has 1 aliphatic heterocycles. The first-order valence-electron chi connectivity index (χ1n) is 8.57. The smallest absolute Gasteiger partial charge is 0.251 e. The van der Waals surface area contributed by atoms with Crippen molar-refractivity contribution in [2.45, 2.75) is 13.0 Å². The number of anilines is 1. The molecule has 2 amide bonds. The molecule has 0 aliphatic carbocycles. The average Bonchev–Trinajstić information content (AvgIpc) is 2.59. The van der Waals surface area contributed by atoms with Crippen LogP contribution in [-0.4, -0.2) is 24.9 Å². The zero-order chi connectivity index (χ0) is 17.6. The van der Waals surface area contributed by atoms with E-state index in [0.717, 1.165) is 18.7 Å². The van der Waals surface area contributed by atoms with Crippen LogP contribution in [0.1, 0.15) is 18.5 Å². The van der Waals surface area contributed by atoms with Crippen LogP contribution in [0, 0.1) is 11.8 Å². The van der Waals surface area contributed by atoms with Crippen molar-refractivity contribution in [1.82, 2.24) is 10.6 Å². The highest BCUT2D eigenvalue weighted by Gasteiger charge is 2.31. The van der Waals surface area contributed by atoms with Gasteiger partial charge in [0.25, 0.3) is 5.91 Å². The molecule has 26 heavy (non-hydrogen) atoms. The van der Waals surface area contributed by atoms with Crippen LogP contribution in [0.25, 0.3) is 0 Å². The number of halogens is 1. The molecule has 1 heterocycles. The third kappa shape index (κ3) is 4.84. The summed E-state index contributed by atoms with van der Waals surface area (Å²) in [6.07, 6.45) is 0. The van der Waals surface area contributed by atoms with Gasteiger partial charge in [-0.2, -0.15) is 0 Å². The molecule has 3 N–H and O–H groups in total. The number of rotatable bonds is 6. The Morgan fingerprint density at radius 2 is 1.54 bits per heavy atom. The van der Waals surface area contributed by atoms with Crippen molar-refractivity contribution in [2.75, 3.05) is 18.4 Å². The van der Waals surface area contributed by atoms with Gasteiger partial charge in [-0.15, -0.1) is 12.4 Å². The van der Waals surface area contributed by atoms with Crippen LogP contribution in [0.4, 0.5) is 5.69 Å². The SMILES string of the molecule is CC(C(=O)NC(C(=O)Nc1ccccc1)c1ccccc1)C1CNC1.Cl. The lowest BCUT2D eigenvalue weighted by Crippen LogP contribution is -2.50. The first kappa shape index (κ1) is 19.9. The maximum absolute atomic E-state index is 12.8. The van der Waals surface area contributed by atoms with Crippen LogP contribution < -0.4 is 16.0 Å². The Labute approximate surface area is 160 Å². The lowest BCUT2D eigenvalue weighted by atomic mass is 9.88. The molecule has 0 saturated carbocycles. The summed E-state index contributed by atoms with van der Waals surface area (Å²) in [5.41, 5.74) is 1.47. The van der Waals surface area contributed by atoms with Gasteiger partial charge in [0.15, 0.2) is 0 Å². The van der Waals surface area contributed by atoms with Crippen LogP contribution in [0.15, 0.2) is 60.7 Å². The molecule has 0 spiro atoms. The summed E-state index contributed by atoms with van der Waals surface area (Å²) in [4.78, 5) is 25.4. The molecular formula is C20H24ClN3O2. The van der Waals surface area contributed by atoms with E-state index in [-0.39, 0.29) is 30.1 Å². The number of benzene rings is 2. The molecule has 0 bridgehead atoms. The molecule has 5 nitrogen and oxygen atoms in total. The molecule has 6 heteroatoms. The first-order valence-corrected chi connectivity index (χ1v) is 8.57. The van der Waals surface area contributed by atoms with Gasteiger partial charge in [-0.25, -0.2) is 0 Å². The minimum atomic E-state index is -0.718. The molecule has 138 valence electrons. The minimum Gasteiger partial charge on any atom is -0.340 e. The van der Waals surface area contributed by atoms with Crippen LogP contribution in [0.3, 0.4) is 0 Å². The molecule has 3 rings (SSSR count). The van der Waals surface area contributed by atoms with Gasteiger partial charge in [0.1, 0.15) is 6.04 Å². The van der Waals surface area contributed by atoms with Gasteiger partial charge in [0, 0.05) is 11.6 Å². The third-order valence-electron chi connectivity index (χ3n) is 4.66. The number of para-hydroxylation sites is 1. The number of hydrogen-bond donors (Lipinski definition) is 3. The summed E-state index contributed by atoms with van der Waals surface area (Å²) in [5.74, 6) is -0.140. The van der Waals surface area contributed by atoms with E-state index >= 15 is 0 Å². The van der Waals surface area contributed by atoms with E-state index < -0.39 is 6.04 Å². The summed E-state index contributed by atoms with van der Waals surface area (Å²) < 4.78 is 0. The summed E-state index contributed by atoms with van der Waals surface area (Å²) in [6.45, 7) is 3.61. The topological polar surface area (TPSA) is 70.2 Å². The molecule has 2 atom stereocenters. The molecular weight excluding hydrogens is 350 g/mol. The Morgan fingerprint density at radius 3 is 2.08 bits per heavy atom. The standard InChI is InChI=1S/C20H23N3O2.ClH/c1-14(16-12-21-13-16)19(24)23-18(15-8-4-2-5-9-15)20(25)22-17-10-6-3-7-11-17;/h2-11,14,16,18,21H,12-13H2,1H3,(H,22,25)(H,23,24);1H. The maximum Gasteiger partial charge on any atom is 0.251 e. The van der Waals surface area contributed by atoms with Crippen molar-refractivity contribution < 1.29 is 9.59 Å². The van der Waals surface area contributed by atoms with Crippen molar-refractivity contribution in [1.29, 1.82) is 0 Å². The quantitative estimate of drug-likeness (QED) is 0.729. The normalized spacial score (nSPS) is 15.7. The number of carbonyl (C=O) groups is 2. The highest BCUT2D eigenvalue weighted by Crippen LogP contribution is 2.20. The van der Waals surface area contributed by atoms with E-state index in [9.17, 15) is 9.59 Å². The van der Waals surface area contributed by atoms with Gasteiger partial charge < -0.3 is 16.0 Å². The van der Waals surface area contributed by atoms with Gasteiger partial charge in [-0.1, -0.05) is 55.5 Å². The lowest BCUT2D eigenvalue weighted by Gasteiger charge is -2.32. The Morgan fingerprint density at radius 1 is 0.962 bits per heavy atom. The summed E-state index contributed by atoms with van der Waals surface area (Å²) in [7, 11) is 0. The predicted molar refractivity (Wildman–Crippen MR) is 105 cm³/mol. The Bertz CT molecular complexity index is 720. The number of nitrogens with one attached hydrogen (secondary N) is 3.